The van der Waals surface area contributed by atoms with Crippen LogP contribution in [0.3, 0.4) is 0 Å². The number of nitrogens with two attached hydrogens (primary N) is 1. The van der Waals surface area contributed by atoms with Crippen LogP contribution in [0.15, 0.2) is 18.2 Å². The van der Waals surface area contributed by atoms with Gasteiger partial charge in [0.25, 0.3) is 0 Å². The molecule has 102 valence electrons. The molecule has 1 atom stereocenters. The van der Waals surface area contributed by atoms with Crippen LogP contribution in [0.25, 0.3) is 0 Å². The summed E-state index contributed by atoms with van der Waals surface area (Å²) >= 11 is 6.02. The van der Waals surface area contributed by atoms with Gasteiger partial charge in [-0.2, -0.15) is 0 Å². The highest BCUT2D eigenvalue weighted by Gasteiger charge is 2.11. The quantitative estimate of drug-likeness (QED) is 0.433. The van der Waals surface area contributed by atoms with Crippen molar-refractivity contribution in [3.8, 4) is 5.75 Å². The summed E-state index contributed by atoms with van der Waals surface area (Å²) in [5, 5.41) is 0.732. The molecule has 0 heterocycles. The first kappa shape index (κ1) is 15.3. The van der Waals surface area contributed by atoms with Crippen LogP contribution in [0.4, 0.5) is 0 Å². The number of unbranched alkanes of at least 4 members (excludes halogenated alkanes) is 2. The SMILES string of the molecule is CCCCCC(Cc1cc(Cl)ccc1OC)NN. The summed E-state index contributed by atoms with van der Waals surface area (Å²) in [7, 11) is 1.68. The Kier molecular flexibility index (Phi) is 7.09. The summed E-state index contributed by atoms with van der Waals surface area (Å²) in [6, 6.07) is 5.96. The molecule has 3 N–H and O–H groups in total. The molecule has 0 aliphatic heterocycles. The maximum atomic E-state index is 6.02. The third-order valence-electron chi connectivity index (χ3n) is 3.10. The molecule has 1 rings (SSSR count). The lowest BCUT2D eigenvalue weighted by atomic mass is 10.0. The highest BCUT2D eigenvalue weighted by atomic mass is 35.5. The third-order valence-corrected chi connectivity index (χ3v) is 3.34. The standard InChI is InChI=1S/C14H23ClN2O/c1-3-4-5-6-13(17-16)10-11-9-12(15)7-8-14(11)18-2/h7-9,13,17H,3-6,10,16H2,1-2H3. The van der Waals surface area contributed by atoms with Gasteiger partial charge in [-0.3, -0.25) is 11.3 Å². The number of hydrogen-bond donors (Lipinski definition) is 2. The maximum absolute atomic E-state index is 6.02. The van der Waals surface area contributed by atoms with Crippen molar-refractivity contribution < 1.29 is 4.74 Å². The third kappa shape index (κ3) is 4.84. The monoisotopic (exact) mass is 270 g/mol. The number of ether oxygens (including phenoxy) is 1. The molecule has 4 heteroatoms. The molecule has 0 saturated carbocycles. The van der Waals surface area contributed by atoms with Gasteiger partial charge in [0.1, 0.15) is 5.75 Å². The predicted molar refractivity (Wildman–Crippen MR) is 77.0 cm³/mol. The van der Waals surface area contributed by atoms with Gasteiger partial charge in [0.15, 0.2) is 0 Å². The van der Waals surface area contributed by atoms with Gasteiger partial charge in [0.05, 0.1) is 7.11 Å². The van der Waals surface area contributed by atoms with Crippen molar-refractivity contribution >= 4 is 11.6 Å². The number of hydrazine groups is 1. The van der Waals surface area contributed by atoms with Gasteiger partial charge in [-0.15, -0.1) is 0 Å². The van der Waals surface area contributed by atoms with Crippen molar-refractivity contribution in [2.24, 2.45) is 5.84 Å². The molecule has 0 fully saturated rings. The minimum Gasteiger partial charge on any atom is -0.496 e. The van der Waals surface area contributed by atoms with Gasteiger partial charge < -0.3 is 4.74 Å². The topological polar surface area (TPSA) is 47.3 Å². The van der Waals surface area contributed by atoms with Crippen LogP contribution >= 0.6 is 11.6 Å². The van der Waals surface area contributed by atoms with E-state index in [1.165, 1.54) is 19.3 Å². The van der Waals surface area contributed by atoms with Crippen LogP contribution in [0.1, 0.15) is 38.2 Å². The molecular weight excluding hydrogens is 248 g/mol. The summed E-state index contributed by atoms with van der Waals surface area (Å²) < 4.78 is 5.34. The highest BCUT2D eigenvalue weighted by molar-refractivity contribution is 6.30. The summed E-state index contributed by atoms with van der Waals surface area (Å²) in [6.45, 7) is 2.20. The molecule has 0 aliphatic rings. The molecule has 1 aromatic rings. The van der Waals surface area contributed by atoms with Gasteiger partial charge in [0, 0.05) is 11.1 Å². The van der Waals surface area contributed by atoms with E-state index < -0.39 is 0 Å². The van der Waals surface area contributed by atoms with E-state index in [1.54, 1.807) is 7.11 Å². The molecule has 3 nitrogen and oxygen atoms in total. The minimum absolute atomic E-state index is 0.268. The minimum atomic E-state index is 0.268. The normalized spacial score (nSPS) is 12.4. The van der Waals surface area contributed by atoms with Crippen molar-refractivity contribution in [2.75, 3.05) is 7.11 Å². The van der Waals surface area contributed by atoms with Crippen LogP contribution in [-0.2, 0) is 6.42 Å². The molecule has 0 amide bonds. The van der Waals surface area contributed by atoms with Crippen LogP contribution in [0.5, 0.6) is 5.75 Å². The van der Waals surface area contributed by atoms with E-state index in [0.29, 0.717) is 0 Å². The Morgan fingerprint density at radius 3 is 2.78 bits per heavy atom. The van der Waals surface area contributed by atoms with Gasteiger partial charge in [-0.1, -0.05) is 37.8 Å². The van der Waals surface area contributed by atoms with Gasteiger partial charge >= 0.3 is 0 Å². The van der Waals surface area contributed by atoms with Crippen molar-refractivity contribution in [3.63, 3.8) is 0 Å². The van der Waals surface area contributed by atoms with E-state index in [-0.39, 0.29) is 6.04 Å². The number of halogens is 1. The molecule has 0 aliphatic carbocycles. The Balaban J connectivity index is 2.65. The number of benzene rings is 1. The second kappa shape index (κ2) is 8.35. The number of hydrogen-bond acceptors (Lipinski definition) is 3. The lowest BCUT2D eigenvalue weighted by Crippen LogP contribution is -2.36. The molecule has 0 saturated heterocycles. The summed E-state index contributed by atoms with van der Waals surface area (Å²) in [5.74, 6) is 6.48. The van der Waals surface area contributed by atoms with E-state index in [0.717, 1.165) is 29.2 Å². The van der Waals surface area contributed by atoms with Gasteiger partial charge in [-0.25, -0.2) is 0 Å². The first-order chi connectivity index (χ1) is 8.71. The average Bonchev–Trinajstić information content (AvgIpc) is 2.38. The molecule has 18 heavy (non-hydrogen) atoms. The number of nitrogens with one attached hydrogen (secondary N) is 1. The lowest BCUT2D eigenvalue weighted by molar-refractivity contribution is 0.401. The largest absolute Gasteiger partial charge is 0.496 e. The van der Waals surface area contributed by atoms with E-state index in [9.17, 15) is 0 Å². The molecule has 0 radical (unpaired) electrons. The number of methoxy groups -OCH3 is 1. The Hall–Kier alpha value is -0.770. The average molecular weight is 271 g/mol. The van der Waals surface area contributed by atoms with E-state index in [2.05, 4.69) is 12.3 Å². The lowest BCUT2D eigenvalue weighted by Gasteiger charge is -2.17. The molecule has 0 bridgehead atoms. The first-order valence-corrected chi connectivity index (χ1v) is 6.87. The Morgan fingerprint density at radius 2 is 2.17 bits per heavy atom. The fourth-order valence-electron chi connectivity index (χ4n) is 2.06. The second-order valence-corrected chi connectivity index (χ2v) is 4.96. The van der Waals surface area contributed by atoms with Crippen molar-refractivity contribution in [2.45, 2.75) is 45.1 Å². The van der Waals surface area contributed by atoms with E-state index in [1.807, 2.05) is 18.2 Å². The maximum Gasteiger partial charge on any atom is 0.122 e. The first-order valence-electron chi connectivity index (χ1n) is 6.49. The Morgan fingerprint density at radius 1 is 1.39 bits per heavy atom. The van der Waals surface area contributed by atoms with Crippen LogP contribution < -0.4 is 16.0 Å². The summed E-state index contributed by atoms with van der Waals surface area (Å²) in [5.41, 5.74) is 3.98. The fourth-order valence-corrected chi connectivity index (χ4v) is 2.25. The fraction of sp³-hybridized carbons (Fsp3) is 0.571. The number of rotatable bonds is 8. The zero-order valence-electron chi connectivity index (χ0n) is 11.2. The van der Waals surface area contributed by atoms with Gasteiger partial charge in [-0.05, 0) is 36.6 Å². The van der Waals surface area contributed by atoms with Crippen molar-refractivity contribution in [1.29, 1.82) is 0 Å². The Labute approximate surface area is 115 Å². The summed E-state index contributed by atoms with van der Waals surface area (Å²) in [4.78, 5) is 0. The molecular formula is C14H23ClN2O. The summed E-state index contributed by atoms with van der Waals surface area (Å²) in [6.07, 6.45) is 5.56. The zero-order chi connectivity index (χ0) is 13.4. The van der Waals surface area contributed by atoms with Gasteiger partial charge in [0.2, 0.25) is 0 Å². The van der Waals surface area contributed by atoms with E-state index >= 15 is 0 Å². The Bertz CT molecular complexity index is 358. The van der Waals surface area contributed by atoms with Crippen LogP contribution in [-0.4, -0.2) is 13.2 Å². The predicted octanol–water partition coefficient (Wildman–Crippen LogP) is 3.30. The van der Waals surface area contributed by atoms with Crippen LogP contribution in [0, 0.1) is 0 Å². The highest BCUT2D eigenvalue weighted by Crippen LogP contribution is 2.24. The molecule has 0 spiro atoms. The van der Waals surface area contributed by atoms with Crippen molar-refractivity contribution in [3.05, 3.63) is 28.8 Å². The van der Waals surface area contributed by atoms with E-state index in [4.69, 9.17) is 22.2 Å². The van der Waals surface area contributed by atoms with Crippen LogP contribution in [0.2, 0.25) is 5.02 Å². The van der Waals surface area contributed by atoms with Crippen molar-refractivity contribution in [1.82, 2.24) is 5.43 Å². The molecule has 1 unspecified atom stereocenters. The molecule has 1 aromatic carbocycles. The molecule has 0 aromatic heterocycles. The smallest absolute Gasteiger partial charge is 0.122 e. The second-order valence-electron chi connectivity index (χ2n) is 4.52. The zero-order valence-corrected chi connectivity index (χ0v) is 12.0.